The number of carboxylic acid groups (broad SMARTS) is 1. The van der Waals surface area contributed by atoms with Gasteiger partial charge in [0.15, 0.2) is 0 Å². The molecule has 0 aliphatic heterocycles. The molecular formula is C14H17NO2S. The third-order valence-corrected chi connectivity index (χ3v) is 4.30. The lowest BCUT2D eigenvalue weighted by molar-refractivity contribution is -0.131. The molecule has 0 spiro atoms. The highest BCUT2D eigenvalue weighted by Crippen LogP contribution is 2.32. The molecule has 4 heteroatoms. The molecule has 1 aromatic heterocycles. The van der Waals surface area contributed by atoms with E-state index < -0.39 is 5.97 Å². The number of aliphatic carboxylic acids is 1. The zero-order valence-electron chi connectivity index (χ0n) is 10.2. The number of carboxylic acids is 1. The molecule has 2 rings (SSSR count). The van der Waals surface area contributed by atoms with Crippen LogP contribution in [0.3, 0.4) is 0 Å². The Morgan fingerprint density at radius 2 is 2.11 bits per heavy atom. The van der Waals surface area contributed by atoms with Crippen molar-refractivity contribution in [3.63, 3.8) is 0 Å². The van der Waals surface area contributed by atoms with E-state index in [4.69, 9.17) is 5.11 Å². The smallest absolute Gasteiger partial charge is 0.328 e. The molecule has 0 atom stereocenters. The van der Waals surface area contributed by atoms with E-state index in [1.165, 1.54) is 32.1 Å². The van der Waals surface area contributed by atoms with Gasteiger partial charge in [-0.2, -0.15) is 0 Å². The van der Waals surface area contributed by atoms with Gasteiger partial charge in [-0.25, -0.2) is 9.78 Å². The minimum Gasteiger partial charge on any atom is -0.478 e. The van der Waals surface area contributed by atoms with Crippen LogP contribution in [-0.2, 0) is 4.79 Å². The third kappa shape index (κ3) is 4.18. The molecule has 1 N–H and O–H groups in total. The highest BCUT2D eigenvalue weighted by atomic mass is 32.2. The molecule has 0 unspecified atom stereocenters. The topological polar surface area (TPSA) is 50.2 Å². The number of hydrogen-bond acceptors (Lipinski definition) is 3. The Bertz CT molecular complexity index is 422. The number of carbonyl (C=O) groups is 1. The summed E-state index contributed by atoms with van der Waals surface area (Å²) in [5, 5.41) is 10.3. The Morgan fingerprint density at radius 3 is 2.72 bits per heavy atom. The van der Waals surface area contributed by atoms with Crippen LogP contribution in [0.25, 0.3) is 6.08 Å². The van der Waals surface area contributed by atoms with Gasteiger partial charge in [0.25, 0.3) is 0 Å². The maximum absolute atomic E-state index is 10.4. The number of rotatable bonds is 4. The molecule has 0 amide bonds. The zero-order valence-corrected chi connectivity index (χ0v) is 11.0. The SMILES string of the molecule is O=C(O)/C=C/c1ccc(SC2CCCCC2)nc1. The van der Waals surface area contributed by atoms with Crippen LogP contribution >= 0.6 is 11.8 Å². The molecule has 1 aliphatic carbocycles. The molecule has 1 fully saturated rings. The number of nitrogens with zero attached hydrogens (tertiary/aromatic N) is 1. The average Bonchev–Trinajstić information content (AvgIpc) is 2.39. The van der Waals surface area contributed by atoms with E-state index in [0.29, 0.717) is 5.25 Å². The lowest BCUT2D eigenvalue weighted by Gasteiger charge is -2.20. The van der Waals surface area contributed by atoms with Gasteiger partial charge < -0.3 is 5.11 Å². The highest BCUT2D eigenvalue weighted by Gasteiger charge is 2.14. The van der Waals surface area contributed by atoms with Gasteiger partial charge in [0, 0.05) is 17.5 Å². The Hall–Kier alpha value is -1.29. The summed E-state index contributed by atoms with van der Waals surface area (Å²) < 4.78 is 0. The minimum absolute atomic E-state index is 0.701. The van der Waals surface area contributed by atoms with Crippen molar-refractivity contribution >= 4 is 23.8 Å². The van der Waals surface area contributed by atoms with Gasteiger partial charge in [0.2, 0.25) is 0 Å². The molecule has 0 radical (unpaired) electrons. The fraction of sp³-hybridized carbons (Fsp3) is 0.429. The molecule has 1 heterocycles. The summed E-state index contributed by atoms with van der Waals surface area (Å²) in [5.41, 5.74) is 0.824. The van der Waals surface area contributed by atoms with Crippen molar-refractivity contribution in [2.24, 2.45) is 0 Å². The molecule has 18 heavy (non-hydrogen) atoms. The average molecular weight is 263 g/mol. The molecule has 1 aliphatic rings. The normalized spacial score (nSPS) is 17.1. The number of aromatic nitrogens is 1. The maximum atomic E-state index is 10.4. The Morgan fingerprint density at radius 1 is 1.33 bits per heavy atom. The largest absolute Gasteiger partial charge is 0.478 e. The van der Waals surface area contributed by atoms with Gasteiger partial charge in [-0.05, 0) is 30.5 Å². The fourth-order valence-corrected chi connectivity index (χ4v) is 3.25. The van der Waals surface area contributed by atoms with Crippen LogP contribution in [0.2, 0.25) is 0 Å². The lowest BCUT2D eigenvalue weighted by Crippen LogP contribution is -2.07. The first-order valence-corrected chi connectivity index (χ1v) is 7.16. The second kappa shape index (κ2) is 6.59. The Balaban J connectivity index is 1.92. The van der Waals surface area contributed by atoms with Crippen LogP contribution in [-0.4, -0.2) is 21.3 Å². The van der Waals surface area contributed by atoms with E-state index in [-0.39, 0.29) is 0 Å². The molecule has 3 nitrogen and oxygen atoms in total. The van der Waals surface area contributed by atoms with Crippen molar-refractivity contribution in [2.75, 3.05) is 0 Å². The van der Waals surface area contributed by atoms with E-state index >= 15 is 0 Å². The predicted octanol–water partition coefficient (Wildman–Crippen LogP) is 3.60. The summed E-state index contributed by atoms with van der Waals surface area (Å²) in [6.45, 7) is 0. The third-order valence-electron chi connectivity index (χ3n) is 3.02. The van der Waals surface area contributed by atoms with Gasteiger partial charge >= 0.3 is 5.97 Å². The van der Waals surface area contributed by atoms with Gasteiger partial charge in [-0.15, -0.1) is 11.8 Å². The van der Waals surface area contributed by atoms with Crippen LogP contribution in [0.4, 0.5) is 0 Å². The van der Waals surface area contributed by atoms with Crippen LogP contribution in [0.1, 0.15) is 37.7 Å². The first kappa shape index (κ1) is 13.1. The van der Waals surface area contributed by atoms with E-state index in [9.17, 15) is 4.79 Å². The molecule has 96 valence electrons. The fourth-order valence-electron chi connectivity index (χ4n) is 2.08. The summed E-state index contributed by atoms with van der Waals surface area (Å²) in [6.07, 6.45) is 11.0. The van der Waals surface area contributed by atoms with Crippen LogP contribution in [0.15, 0.2) is 29.4 Å². The van der Waals surface area contributed by atoms with Crippen molar-refractivity contribution in [2.45, 2.75) is 42.4 Å². The highest BCUT2D eigenvalue weighted by molar-refractivity contribution is 7.99. The maximum Gasteiger partial charge on any atom is 0.328 e. The first-order valence-electron chi connectivity index (χ1n) is 6.28. The van der Waals surface area contributed by atoms with Gasteiger partial charge in [-0.1, -0.05) is 25.3 Å². The standard InChI is InChI=1S/C14H17NO2S/c16-14(17)9-7-11-6-8-13(15-10-11)18-12-4-2-1-3-5-12/h6-10,12H,1-5H2,(H,16,17)/b9-7+. The number of pyridine rings is 1. The van der Waals surface area contributed by atoms with Crippen molar-refractivity contribution in [3.8, 4) is 0 Å². The Labute approximate surface area is 111 Å². The monoisotopic (exact) mass is 263 g/mol. The van der Waals surface area contributed by atoms with Gasteiger partial charge in [0.05, 0.1) is 5.03 Å². The molecule has 0 saturated heterocycles. The van der Waals surface area contributed by atoms with Gasteiger partial charge in [-0.3, -0.25) is 0 Å². The summed E-state index contributed by atoms with van der Waals surface area (Å²) in [5.74, 6) is -0.935. The molecule has 1 saturated carbocycles. The van der Waals surface area contributed by atoms with Crippen molar-refractivity contribution in [3.05, 3.63) is 30.0 Å². The molecule has 1 aromatic rings. The van der Waals surface area contributed by atoms with Crippen molar-refractivity contribution in [1.82, 2.24) is 4.98 Å². The second-order valence-electron chi connectivity index (χ2n) is 4.48. The van der Waals surface area contributed by atoms with Crippen LogP contribution < -0.4 is 0 Å². The summed E-state index contributed by atoms with van der Waals surface area (Å²) in [6, 6.07) is 3.89. The lowest BCUT2D eigenvalue weighted by atomic mass is 10.0. The summed E-state index contributed by atoms with van der Waals surface area (Å²) >= 11 is 1.85. The van der Waals surface area contributed by atoms with Crippen LogP contribution in [0.5, 0.6) is 0 Å². The number of hydrogen-bond donors (Lipinski definition) is 1. The van der Waals surface area contributed by atoms with Crippen molar-refractivity contribution in [1.29, 1.82) is 0 Å². The van der Waals surface area contributed by atoms with E-state index in [1.807, 2.05) is 23.9 Å². The van der Waals surface area contributed by atoms with Gasteiger partial charge in [0.1, 0.15) is 0 Å². The Kier molecular flexibility index (Phi) is 4.81. The number of thioether (sulfide) groups is 1. The predicted molar refractivity (Wildman–Crippen MR) is 73.6 cm³/mol. The van der Waals surface area contributed by atoms with Crippen molar-refractivity contribution < 1.29 is 9.90 Å². The second-order valence-corrected chi connectivity index (χ2v) is 5.80. The van der Waals surface area contributed by atoms with E-state index in [0.717, 1.165) is 16.7 Å². The molecule has 0 bridgehead atoms. The zero-order chi connectivity index (χ0) is 12.8. The molecule has 0 aromatic carbocycles. The van der Waals surface area contributed by atoms with Crippen LogP contribution in [0, 0.1) is 0 Å². The van der Waals surface area contributed by atoms with E-state index in [1.54, 1.807) is 12.3 Å². The first-order chi connectivity index (χ1) is 8.74. The quantitative estimate of drug-likeness (QED) is 0.843. The van der Waals surface area contributed by atoms with E-state index in [2.05, 4.69) is 4.98 Å². The minimum atomic E-state index is -0.935. The summed E-state index contributed by atoms with van der Waals surface area (Å²) in [4.78, 5) is 14.8. The summed E-state index contributed by atoms with van der Waals surface area (Å²) in [7, 11) is 0. The molecular weight excluding hydrogens is 246 g/mol.